The zero-order chi connectivity index (χ0) is 28.0. The van der Waals surface area contributed by atoms with Crippen molar-refractivity contribution in [3.05, 3.63) is 66.2 Å². The molecule has 2 aliphatic heterocycles. The second-order valence-electron chi connectivity index (χ2n) is 9.21. The number of nitrogens with zero attached hydrogens (tertiary/aromatic N) is 3. The second kappa shape index (κ2) is 15.8. The number of likely N-dealkylation sites (tertiary alicyclic amines) is 1. The molecular formula is C29H37N3O6S. The fourth-order valence-corrected chi connectivity index (χ4v) is 5.43. The van der Waals surface area contributed by atoms with Crippen molar-refractivity contribution in [2.75, 3.05) is 40.4 Å². The second-order valence-corrected chi connectivity index (χ2v) is 10.2. The highest BCUT2D eigenvalue weighted by atomic mass is 32.2. The lowest BCUT2D eigenvalue weighted by atomic mass is 10.0. The predicted octanol–water partition coefficient (Wildman–Crippen LogP) is 4.90. The van der Waals surface area contributed by atoms with E-state index in [-0.39, 0.29) is 0 Å². The highest BCUT2D eigenvalue weighted by molar-refractivity contribution is 8.13. The Balaban J connectivity index is 0.000000459. The number of aliphatic carboxylic acids is 2. The van der Waals surface area contributed by atoms with Gasteiger partial charge in [0.15, 0.2) is 16.7 Å². The molecule has 9 nitrogen and oxygen atoms in total. The normalized spacial score (nSPS) is 15.5. The number of carboxylic acid groups (broad SMARTS) is 2. The molecule has 4 rings (SSSR count). The van der Waals surface area contributed by atoms with Gasteiger partial charge in [0.05, 0.1) is 19.4 Å². The molecule has 2 N–H and O–H groups in total. The van der Waals surface area contributed by atoms with Gasteiger partial charge < -0.3 is 29.5 Å². The topological polar surface area (TPSA) is 112 Å². The molecule has 2 aromatic rings. The van der Waals surface area contributed by atoms with Crippen molar-refractivity contribution in [2.24, 2.45) is 4.99 Å². The third kappa shape index (κ3) is 9.96. The Labute approximate surface area is 234 Å². The van der Waals surface area contributed by atoms with Gasteiger partial charge in [-0.05, 0) is 56.0 Å². The Kier molecular flexibility index (Phi) is 12.2. The lowest BCUT2D eigenvalue weighted by Crippen LogP contribution is -2.45. The van der Waals surface area contributed by atoms with E-state index < -0.39 is 11.9 Å². The molecule has 2 heterocycles. The summed E-state index contributed by atoms with van der Waals surface area (Å²) in [6, 6.07) is 16.9. The highest BCUT2D eigenvalue weighted by Crippen LogP contribution is 2.33. The number of unbranched alkanes of at least 4 members (excludes halogenated alkanes) is 1. The van der Waals surface area contributed by atoms with Gasteiger partial charge in [-0.15, -0.1) is 0 Å². The smallest absolute Gasteiger partial charge is 0.328 e. The standard InChI is InChI=1S/C25H33N3O2S.C4H4O4/c1-27(25-26-22-10-4-3-9-20(22)19-31-25)21-13-16-28(17-14-21)15-7-8-18-30-24-12-6-5-11-23(24)29-2;5-3(6)1-2-4(7)8/h3-6,9-12,21H,7-8,13-19H2,1-2H3;1-2H,(H,5,6)(H,7,8). The summed E-state index contributed by atoms with van der Waals surface area (Å²) in [7, 11) is 3.90. The van der Waals surface area contributed by atoms with Crippen LogP contribution in [0.1, 0.15) is 31.2 Å². The fraction of sp³-hybridized carbons (Fsp3) is 0.414. The molecule has 1 saturated heterocycles. The predicted molar refractivity (Wildman–Crippen MR) is 154 cm³/mol. The Bertz CT molecular complexity index is 1130. The van der Waals surface area contributed by atoms with Crippen LogP contribution in [0.5, 0.6) is 11.5 Å². The SMILES string of the molecule is COc1ccccc1OCCCCN1CCC(N(C)C2=Nc3ccccc3CS2)CC1.O=C(O)C=CC(=O)O. The summed E-state index contributed by atoms with van der Waals surface area (Å²) in [6.45, 7) is 4.21. The van der Waals surface area contributed by atoms with Gasteiger partial charge in [0.2, 0.25) is 0 Å². The Morgan fingerprint density at radius 2 is 1.67 bits per heavy atom. The van der Waals surface area contributed by atoms with E-state index in [1.165, 1.54) is 23.6 Å². The average molecular weight is 556 g/mol. The van der Waals surface area contributed by atoms with Crippen LogP contribution >= 0.6 is 11.8 Å². The van der Waals surface area contributed by atoms with Crippen LogP contribution in [0.3, 0.4) is 0 Å². The van der Waals surface area contributed by atoms with Crippen LogP contribution in [-0.4, -0.2) is 83.6 Å². The number of methoxy groups -OCH3 is 1. The number of aliphatic imine (C=N–C) groups is 1. The molecule has 0 aliphatic carbocycles. The Morgan fingerprint density at radius 3 is 2.33 bits per heavy atom. The van der Waals surface area contributed by atoms with Gasteiger partial charge in [-0.3, -0.25) is 0 Å². The van der Waals surface area contributed by atoms with Gasteiger partial charge >= 0.3 is 11.9 Å². The van der Waals surface area contributed by atoms with E-state index in [2.05, 4.69) is 41.1 Å². The van der Waals surface area contributed by atoms with Crippen molar-refractivity contribution in [1.29, 1.82) is 0 Å². The number of amidine groups is 1. The molecule has 0 bridgehead atoms. The number of rotatable bonds is 10. The first-order chi connectivity index (χ1) is 18.9. The lowest BCUT2D eigenvalue weighted by Gasteiger charge is -2.38. The molecule has 0 radical (unpaired) electrons. The number of para-hydroxylation sites is 3. The van der Waals surface area contributed by atoms with Crippen LogP contribution in [0.15, 0.2) is 65.7 Å². The van der Waals surface area contributed by atoms with Crippen molar-refractivity contribution in [3.63, 3.8) is 0 Å². The van der Waals surface area contributed by atoms with Crippen molar-refractivity contribution >= 4 is 34.6 Å². The summed E-state index contributed by atoms with van der Waals surface area (Å²) in [5.41, 5.74) is 2.48. The summed E-state index contributed by atoms with van der Waals surface area (Å²) >= 11 is 1.87. The van der Waals surface area contributed by atoms with E-state index >= 15 is 0 Å². The van der Waals surface area contributed by atoms with E-state index in [0.29, 0.717) is 18.2 Å². The molecule has 0 amide bonds. The van der Waals surface area contributed by atoms with Crippen LogP contribution in [0.4, 0.5) is 5.69 Å². The maximum atomic E-state index is 9.55. The highest BCUT2D eigenvalue weighted by Gasteiger charge is 2.26. The third-order valence-corrected chi connectivity index (χ3v) is 7.63. The summed E-state index contributed by atoms with van der Waals surface area (Å²) in [5.74, 6) is 0.146. The molecule has 2 aliphatic rings. The fourth-order valence-electron chi connectivity index (χ4n) is 4.39. The maximum absolute atomic E-state index is 9.55. The molecule has 39 heavy (non-hydrogen) atoms. The van der Waals surface area contributed by atoms with E-state index in [1.807, 2.05) is 36.0 Å². The van der Waals surface area contributed by atoms with Crippen LogP contribution in [0.2, 0.25) is 0 Å². The van der Waals surface area contributed by atoms with Crippen molar-refractivity contribution < 1.29 is 29.3 Å². The van der Waals surface area contributed by atoms with E-state index in [4.69, 9.17) is 24.7 Å². The zero-order valence-electron chi connectivity index (χ0n) is 22.5. The molecule has 0 spiro atoms. The minimum Gasteiger partial charge on any atom is -0.493 e. The molecule has 0 unspecified atom stereocenters. The lowest BCUT2D eigenvalue weighted by molar-refractivity contribution is -0.134. The van der Waals surface area contributed by atoms with Gasteiger partial charge in [-0.2, -0.15) is 0 Å². The van der Waals surface area contributed by atoms with E-state index in [1.54, 1.807) is 7.11 Å². The minimum absolute atomic E-state index is 0.558. The molecule has 210 valence electrons. The quantitative estimate of drug-likeness (QED) is 0.312. The third-order valence-electron chi connectivity index (χ3n) is 6.53. The first-order valence-corrected chi connectivity index (χ1v) is 14.0. The van der Waals surface area contributed by atoms with E-state index in [0.717, 1.165) is 62.0 Å². The molecular weight excluding hydrogens is 518 g/mol. The first kappa shape index (κ1) is 30.0. The summed E-state index contributed by atoms with van der Waals surface area (Å²) in [6.07, 6.45) is 5.75. The van der Waals surface area contributed by atoms with Crippen LogP contribution in [-0.2, 0) is 15.3 Å². The van der Waals surface area contributed by atoms with Crippen molar-refractivity contribution in [2.45, 2.75) is 37.5 Å². The van der Waals surface area contributed by atoms with Gasteiger partial charge in [0, 0.05) is 44.1 Å². The number of carbonyl (C=O) groups is 2. The largest absolute Gasteiger partial charge is 0.493 e. The summed E-state index contributed by atoms with van der Waals surface area (Å²) in [5, 5.41) is 16.8. The summed E-state index contributed by atoms with van der Waals surface area (Å²) in [4.78, 5) is 29.0. The number of carboxylic acids is 2. The Morgan fingerprint density at radius 1 is 1.03 bits per heavy atom. The van der Waals surface area contributed by atoms with Crippen LogP contribution in [0, 0.1) is 0 Å². The molecule has 0 atom stereocenters. The maximum Gasteiger partial charge on any atom is 0.328 e. The first-order valence-electron chi connectivity index (χ1n) is 13.0. The minimum atomic E-state index is -1.26. The van der Waals surface area contributed by atoms with Crippen molar-refractivity contribution in [1.82, 2.24) is 9.80 Å². The van der Waals surface area contributed by atoms with Gasteiger partial charge in [-0.1, -0.05) is 42.1 Å². The molecule has 1 fully saturated rings. The monoisotopic (exact) mass is 555 g/mol. The molecule has 2 aromatic carbocycles. The zero-order valence-corrected chi connectivity index (χ0v) is 23.3. The molecule has 10 heteroatoms. The van der Waals surface area contributed by atoms with Gasteiger partial charge in [0.25, 0.3) is 0 Å². The molecule has 0 saturated carbocycles. The number of piperidine rings is 1. The number of ether oxygens (including phenoxy) is 2. The van der Waals surface area contributed by atoms with Gasteiger partial charge in [-0.25, -0.2) is 14.6 Å². The van der Waals surface area contributed by atoms with Crippen molar-refractivity contribution in [3.8, 4) is 11.5 Å². The summed E-state index contributed by atoms with van der Waals surface area (Å²) < 4.78 is 11.2. The number of fused-ring (bicyclic) bond motifs is 1. The van der Waals surface area contributed by atoms with E-state index in [9.17, 15) is 9.59 Å². The number of benzene rings is 2. The van der Waals surface area contributed by atoms with Crippen LogP contribution < -0.4 is 9.47 Å². The number of thioether (sulfide) groups is 1. The van der Waals surface area contributed by atoms with Gasteiger partial charge in [0.1, 0.15) is 0 Å². The number of hydrogen-bond donors (Lipinski definition) is 2. The molecule has 0 aromatic heterocycles. The van der Waals surface area contributed by atoms with Crippen LogP contribution in [0.25, 0.3) is 0 Å². The average Bonchev–Trinajstić information content (AvgIpc) is 2.96. The number of hydrogen-bond acceptors (Lipinski definition) is 8. The Hall–Kier alpha value is -3.50.